The summed E-state index contributed by atoms with van der Waals surface area (Å²) in [5.74, 6) is 0.295. The molecule has 4 heterocycles. The van der Waals surface area contributed by atoms with E-state index in [0.717, 1.165) is 50.4 Å². The van der Waals surface area contributed by atoms with Gasteiger partial charge in [0.15, 0.2) is 0 Å². The molecule has 2 atom stereocenters. The number of piperidine rings is 2. The van der Waals surface area contributed by atoms with Crippen LogP contribution in [0.5, 0.6) is 0 Å². The van der Waals surface area contributed by atoms with Crippen molar-refractivity contribution in [3.05, 3.63) is 0 Å². The summed E-state index contributed by atoms with van der Waals surface area (Å²) < 4.78 is 0. The second-order valence-electron chi connectivity index (χ2n) is 10.0. The molecule has 0 radical (unpaired) electrons. The summed E-state index contributed by atoms with van der Waals surface area (Å²) in [5.41, 5.74) is 1.42. The normalized spacial score (nSPS) is 30.2. The Morgan fingerprint density at radius 2 is 1.28 bits per heavy atom. The molecule has 2 amide bonds. The van der Waals surface area contributed by atoms with Gasteiger partial charge in [-0.05, 0) is 48.0 Å². The van der Waals surface area contributed by atoms with Gasteiger partial charge in [0.1, 0.15) is 5.41 Å². The van der Waals surface area contributed by atoms with Gasteiger partial charge in [-0.2, -0.15) is 10.2 Å². The number of amides is 2. The highest BCUT2D eigenvalue weighted by Crippen LogP contribution is 2.36. The molecule has 0 aromatic carbocycles. The van der Waals surface area contributed by atoms with Crippen LogP contribution in [0.15, 0.2) is 10.2 Å². The molecule has 4 rings (SSSR count). The number of carbonyl (C=O) groups is 2. The molecule has 184 valence electrons. The van der Waals surface area contributed by atoms with E-state index in [2.05, 4.69) is 47.7 Å². The van der Waals surface area contributed by atoms with Crippen LogP contribution in [-0.4, -0.2) is 95.4 Å². The summed E-state index contributed by atoms with van der Waals surface area (Å²) >= 11 is 0. The Hall–Kier alpha value is -1.80. The third-order valence-electron chi connectivity index (χ3n) is 7.21. The van der Waals surface area contributed by atoms with Crippen LogP contribution in [-0.2, 0) is 9.59 Å². The Labute approximate surface area is 195 Å². The predicted octanol–water partition coefficient (Wildman–Crippen LogP) is 3.14. The van der Waals surface area contributed by atoms with Crippen molar-refractivity contribution in [1.82, 2.24) is 19.8 Å². The Kier molecular flexibility index (Phi) is 8.82. The Morgan fingerprint density at radius 3 is 1.81 bits per heavy atom. The van der Waals surface area contributed by atoms with E-state index in [9.17, 15) is 9.59 Å². The van der Waals surface area contributed by atoms with E-state index in [4.69, 9.17) is 0 Å². The maximum absolute atomic E-state index is 12.0. The van der Waals surface area contributed by atoms with Gasteiger partial charge in [-0.1, -0.05) is 14.9 Å². The van der Waals surface area contributed by atoms with E-state index in [-0.39, 0.29) is 37.5 Å². The smallest absolute Gasteiger partial charge is 0.255 e. The molecule has 0 N–H and O–H groups in total. The monoisotopic (exact) mass is 450 g/mol. The Bertz CT molecular complexity index is 776. The minimum Gasteiger partial charge on any atom is -0.299 e. The number of hydrogen-bond acceptors (Lipinski definition) is 6. The lowest BCUT2D eigenvalue weighted by Crippen LogP contribution is -2.52. The minimum atomic E-state index is -0.364. The third kappa shape index (κ3) is 4.76. The average molecular weight is 451 g/mol. The van der Waals surface area contributed by atoms with Crippen molar-refractivity contribution < 1.29 is 9.59 Å². The van der Waals surface area contributed by atoms with Gasteiger partial charge in [-0.15, -0.1) is 0 Å². The first-order chi connectivity index (χ1) is 13.9. The predicted molar refractivity (Wildman–Crippen MR) is 133 cm³/mol. The maximum atomic E-state index is 12.0. The summed E-state index contributed by atoms with van der Waals surface area (Å²) in [6, 6.07) is 1.03. The van der Waals surface area contributed by atoms with Crippen LogP contribution in [0.2, 0.25) is 0 Å². The maximum Gasteiger partial charge on any atom is 0.255 e. The fourth-order valence-electron chi connectivity index (χ4n) is 4.83. The van der Waals surface area contributed by atoms with Crippen LogP contribution in [0.1, 0.15) is 69.2 Å². The standard InChI is InChI=1S/2C11H19N3O.2CH4/c1-8(2)14-6-5-11(3)9(7-14)12-13(4)10(11)15;1-8(2)14-6-5-9-11(3,7-14)10(15)13(4)12-9;;/h2*8H,5-7H2,1-4H3;2*1H4. The molecule has 0 saturated carbocycles. The number of hydrazone groups is 2. The van der Waals surface area contributed by atoms with Gasteiger partial charge in [0, 0.05) is 58.8 Å². The number of carbonyl (C=O) groups excluding carboxylic acids is 2. The molecule has 0 aromatic heterocycles. The molecule has 4 aliphatic rings. The molecule has 32 heavy (non-hydrogen) atoms. The molecule has 4 aliphatic heterocycles. The first-order valence-electron chi connectivity index (χ1n) is 11.1. The summed E-state index contributed by atoms with van der Waals surface area (Å²) in [6.45, 7) is 16.4. The van der Waals surface area contributed by atoms with Gasteiger partial charge in [0.2, 0.25) is 0 Å². The van der Waals surface area contributed by atoms with Crippen LogP contribution in [0, 0.1) is 10.8 Å². The van der Waals surface area contributed by atoms with Gasteiger partial charge < -0.3 is 0 Å². The van der Waals surface area contributed by atoms with Crippen molar-refractivity contribution in [2.24, 2.45) is 21.0 Å². The molecule has 0 aliphatic carbocycles. The summed E-state index contributed by atoms with van der Waals surface area (Å²) in [5, 5.41) is 11.7. The number of hydrogen-bond donors (Lipinski definition) is 0. The Morgan fingerprint density at radius 1 is 0.781 bits per heavy atom. The van der Waals surface area contributed by atoms with Crippen molar-refractivity contribution in [1.29, 1.82) is 0 Å². The van der Waals surface area contributed by atoms with Crippen LogP contribution >= 0.6 is 0 Å². The van der Waals surface area contributed by atoms with E-state index in [0.29, 0.717) is 12.1 Å². The van der Waals surface area contributed by atoms with E-state index >= 15 is 0 Å². The zero-order valence-corrected chi connectivity index (χ0v) is 19.9. The lowest BCUT2D eigenvalue weighted by Gasteiger charge is -2.38. The first-order valence-corrected chi connectivity index (χ1v) is 11.1. The fourth-order valence-corrected chi connectivity index (χ4v) is 4.83. The number of fused-ring (bicyclic) bond motifs is 2. The highest BCUT2D eigenvalue weighted by Gasteiger charge is 2.50. The minimum absolute atomic E-state index is 0. The van der Waals surface area contributed by atoms with Crippen LogP contribution in [0.3, 0.4) is 0 Å². The Balaban J connectivity index is 0.000000301. The van der Waals surface area contributed by atoms with E-state index < -0.39 is 0 Å². The van der Waals surface area contributed by atoms with Gasteiger partial charge in [-0.3, -0.25) is 19.4 Å². The third-order valence-corrected chi connectivity index (χ3v) is 7.21. The second-order valence-corrected chi connectivity index (χ2v) is 10.0. The largest absolute Gasteiger partial charge is 0.299 e. The molecule has 8 heteroatoms. The number of rotatable bonds is 2. The fraction of sp³-hybridized carbons (Fsp3) is 0.833. The zero-order chi connectivity index (χ0) is 22.4. The number of likely N-dealkylation sites (tertiary alicyclic amines) is 2. The molecule has 2 saturated heterocycles. The SMILES string of the molecule is C.C.CC(C)N1CCC2(C)C(=O)N(C)N=C2C1.CC(C)N1CCC2=NN(C)C(=O)C2(C)C1. The molecular formula is C24H46N6O2. The number of nitrogens with zero attached hydrogens (tertiary/aromatic N) is 6. The summed E-state index contributed by atoms with van der Waals surface area (Å²) in [4.78, 5) is 28.7. The topological polar surface area (TPSA) is 71.8 Å². The molecule has 0 spiro atoms. The van der Waals surface area contributed by atoms with Crippen LogP contribution < -0.4 is 0 Å². The van der Waals surface area contributed by atoms with Crippen LogP contribution in [0.4, 0.5) is 0 Å². The highest BCUT2D eigenvalue weighted by molar-refractivity contribution is 6.13. The van der Waals surface area contributed by atoms with Crippen molar-refractivity contribution in [2.45, 2.75) is 81.3 Å². The molecule has 0 bridgehead atoms. The molecule has 0 aromatic rings. The molecule has 2 unspecified atom stereocenters. The second kappa shape index (κ2) is 10.00. The molecule has 2 fully saturated rings. The molecular weight excluding hydrogens is 404 g/mol. The van der Waals surface area contributed by atoms with E-state index in [1.54, 1.807) is 14.1 Å². The summed E-state index contributed by atoms with van der Waals surface area (Å²) in [7, 11) is 3.50. The first kappa shape index (κ1) is 28.2. The zero-order valence-electron chi connectivity index (χ0n) is 19.9. The van der Waals surface area contributed by atoms with E-state index in [1.807, 2.05) is 13.8 Å². The van der Waals surface area contributed by atoms with Gasteiger partial charge >= 0.3 is 0 Å². The van der Waals surface area contributed by atoms with Crippen molar-refractivity contribution in [3.8, 4) is 0 Å². The summed E-state index contributed by atoms with van der Waals surface area (Å²) in [6.07, 6.45) is 1.82. The highest BCUT2D eigenvalue weighted by atomic mass is 16.2. The van der Waals surface area contributed by atoms with Gasteiger partial charge in [-0.25, -0.2) is 10.0 Å². The van der Waals surface area contributed by atoms with Crippen molar-refractivity contribution in [3.63, 3.8) is 0 Å². The quantitative estimate of drug-likeness (QED) is 0.648. The van der Waals surface area contributed by atoms with Crippen LogP contribution in [0.25, 0.3) is 0 Å². The van der Waals surface area contributed by atoms with Crippen molar-refractivity contribution >= 4 is 23.2 Å². The van der Waals surface area contributed by atoms with Gasteiger partial charge in [0.25, 0.3) is 11.8 Å². The van der Waals surface area contributed by atoms with E-state index in [1.165, 1.54) is 10.0 Å². The van der Waals surface area contributed by atoms with Crippen molar-refractivity contribution in [2.75, 3.05) is 40.3 Å². The average Bonchev–Trinajstić information content (AvgIpc) is 3.05. The van der Waals surface area contributed by atoms with Gasteiger partial charge in [0.05, 0.1) is 16.8 Å². The molecule has 8 nitrogen and oxygen atoms in total. The lowest BCUT2D eigenvalue weighted by atomic mass is 9.78. The lowest BCUT2D eigenvalue weighted by molar-refractivity contribution is -0.136.